The molecule has 1 aliphatic carbocycles. The molecule has 17 heteroatoms. The van der Waals surface area contributed by atoms with Gasteiger partial charge in [0.25, 0.3) is 0 Å². The van der Waals surface area contributed by atoms with Crippen molar-refractivity contribution in [3.05, 3.63) is 23.5 Å². The van der Waals surface area contributed by atoms with Crippen LogP contribution in [0, 0.1) is 0 Å². The summed E-state index contributed by atoms with van der Waals surface area (Å²) >= 11 is 0.317. The number of rotatable bonds is 6. The highest BCUT2D eigenvalue weighted by atomic mass is 32.2. The van der Waals surface area contributed by atoms with E-state index in [2.05, 4.69) is 25.2 Å². The zero-order chi connectivity index (χ0) is 28.4. The van der Waals surface area contributed by atoms with E-state index in [1.165, 1.54) is 22.9 Å². The highest BCUT2D eigenvalue weighted by Crippen LogP contribution is 2.38. The SMILES string of the molecule is CC1(NS(=O)(=O)c2cc(N3CCN(C(=O)[C@H]4C[C@H](F)CN4)CC3)c3cnc(-c4nnc(C(F)(F)F)s4)n3c2)CC1. The molecular weight excluding hydrogens is 576 g/mol. The Morgan fingerprint density at radius 1 is 1.20 bits per heavy atom. The molecule has 1 saturated carbocycles. The number of imidazole rings is 1. The number of alkyl halides is 4. The summed E-state index contributed by atoms with van der Waals surface area (Å²) in [5, 5.41) is 8.55. The Kier molecular flexibility index (Phi) is 6.55. The molecule has 6 rings (SSSR count). The number of carbonyl (C=O) groups excluding carboxylic acids is 1. The number of pyridine rings is 1. The first kappa shape index (κ1) is 27.3. The van der Waals surface area contributed by atoms with Crippen LogP contribution in [0.2, 0.25) is 0 Å². The fourth-order valence-corrected chi connectivity index (χ4v) is 7.17. The maximum Gasteiger partial charge on any atom is 0.445 e. The standard InChI is InChI=1S/C23H26F4N8O3S2/c1-22(2-3-22)32-40(37,38)14-9-16(33-4-6-34(7-5-33)20(36)15-8-13(24)10-28-15)17-11-29-18(35(17)12-14)19-30-31-21(39-19)23(25,26)27/h9,11-13,15,28,32H,2-8,10H2,1H3/t13-,15+/m0/s1. The summed E-state index contributed by atoms with van der Waals surface area (Å²) in [5.41, 5.74) is 0.414. The maximum atomic E-state index is 13.6. The fourth-order valence-electron chi connectivity index (χ4n) is 4.98. The van der Waals surface area contributed by atoms with E-state index in [-0.39, 0.29) is 34.6 Å². The molecule has 3 aliphatic rings. The second-order valence-corrected chi connectivity index (χ2v) is 13.2. The number of carbonyl (C=O) groups is 1. The number of hydrogen-bond donors (Lipinski definition) is 2. The first-order valence-corrected chi connectivity index (χ1v) is 15.0. The van der Waals surface area contributed by atoms with Crippen LogP contribution in [0.3, 0.4) is 0 Å². The van der Waals surface area contributed by atoms with Crippen molar-refractivity contribution < 1.29 is 30.8 Å². The van der Waals surface area contributed by atoms with E-state index in [1.807, 2.05) is 4.90 Å². The van der Waals surface area contributed by atoms with Gasteiger partial charge in [-0.2, -0.15) is 13.2 Å². The van der Waals surface area contributed by atoms with Crippen LogP contribution < -0.4 is 14.9 Å². The molecule has 0 unspecified atom stereocenters. The Bertz CT molecular complexity index is 1560. The lowest BCUT2D eigenvalue weighted by Gasteiger charge is -2.37. The number of nitrogens with zero attached hydrogens (tertiary/aromatic N) is 6. The lowest BCUT2D eigenvalue weighted by Crippen LogP contribution is -2.53. The van der Waals surface area contributed by atoms with Crippen LogP contribution in [0.1, 0.15) is 31.2 Å². The van der Waals surface area contributed by atoms with Crippen molar-refractivity contribution in [3.63, 3.8) is 0 Å². The Balaban J connectivity index is 1.35. The van der Waals surface area contributed by atoms with Gasteiger partial charge in [0, 0.05) is 50.9 Å². The quantitative estimate of drug-likeness (QED) is 0.411. The summed E-state index contributed by atoms with van der Waals surface area (Å²) in [6, 6.07) is 0.947. The van der Waals surface area contributed by atoms with Crippen LogP contribution in [0.15, 0.2) is 23.4 Å². The molecule has 1 amide bonds. The monoisotopic (exact) mass is 602 g/mol. The summed E-state index contributed by atoms with van der Waals surface area (Å²) in [5.74, 6) is -0.146. The van der Waals surface area contributed by atoms with Gasteiger partial charge in [-0.15, -0.1) is 10.2 Å². The average molecular weight is 603 g/mol. The van der Waals surface area contributed by atoms with Crippen molar-refractivity contribution in [1.82, 2.24) is 34.5 Å². The van der Waals surface area contributed by atoms with Crippen LogP contribution in [0.5, 0.6) is 0 Å². The van der Waals surface area contributed by atoms with Gasteiger partial charge in [-0.3, -0.25) is 9.20 Å². The third-order valence-corrected chi connectivity index (χ3v) is 10.0. The van der Waals surface area contributed by atoms with Crippen LogP contribution >= 0.6 is 11.3 Å². The molecule has 3 fully saturated rings. The third-order valence-electron chi connectivity index (χ3n) is 7.45. The van der Waals surface area contributed by atoms with Crippen molar-refractivity contribution in [3.8, 4) is 10.8 Å². The largest absolute Gasteiger partial charge is 0.445 e. The number of anilines is 1. The second-order valence-electron chi connectivity index (χ2n) is 10.6. The molecule has 40 heavy (non-hydrogen) atoms. The Labute approximate surface area is 230 Å². The van der Waals surface area contributed by atoms with Crippen molar-refractivity contribution in [2.45, 2.75) is 55.0 Å². The summed E-state index contributed by atoms with van der Waals surface area (Å²) in [6.45, 7) is 3.33. The normalized spacial score (nSPS) is 23.2. The minimum absolute atomic E-state index is 0.0285. The molecule has 11 nitrogen and oxygen atoms in total. The second kappa shape index (κ2) is 9.60. The van der Waals surface area contributed by atoms with Crippen molar-refractivity contribution in [2.24, 2.45) is 0 Å². The van der Waals surface area contributed by atoms with Gasteiger partial charge in [0.1, 0.15) is 11.1 Å². The van der Waals surface area contributed by atoms with Gasteiger partial charge in [-0.1, -0.05) is 11.3 Å². The number of amides is 1. The van der Waals surface area contributed by atoms with E-state index in [9.17, 15) is 30.8 Å². The smallest absolute Gasteiger partial charge is 0.366 e. The van der Waals surface area contributed by atoms with Gasteiger partial charge < -0.3 is 15.1 Å². The molecule has 3 aromatic rings. The first-order chi connectivity index (χ1) is 18.8. The maximum absolute atomic E-state index is 13.6. The lowest BCUT2D eigenvalue weighted by molar-refractivity contribution is -0.138. The molecule has 2 saturated heterocycles. The summed E-state index contributed by atoms with van der Waals surface area (Å²) in [7, 11) is -3.99. The lowest BCUT2D eigenvalue weighted by atomic mass is 10.1. The van der Waals surface area contributed by atoms with E-state index >= 15 is 0 Å². The molecule has 0 radical (unpaired) electrons. The minimum Gasteiger partial charge on any atom is -0.366 e. The van der Waals surface area contributed by atoms with Crippen LogP contribution in [-0.4, -0.2) is 89.3 Å². The van der Waals surface area contributed by atoms with Gasteiger partial charge in [0.15, 0.2) is 10.8 Å². The van der Waals surface area contributed by atoms with Gasteiger partial charge >= 0.3 is 6.18 Å². The van der Waals surface area contributed by atoms with Crippen LogP contribution in [0.25, 0.3) is 16.3 Å². The van der Waals surface area contributed by atoms with Gasteiger partial charge in [0.05, 0.1) is 23.4 Å². The Hall–Kier alpha value is -2.89. The molecule has 2 atom stereocenters. The van der Waals surface area contributed by atoms with E-state index in [4.69, 9.17) is 0 Å². The summed E-state index contributed by atoms with van der Waals surface area (Å²) in [4.78, 5) is 20.6. The molecule has 0 aromatic carbocycles. The highest BCUT2D eigenvalue weighted by Gasteiger charge is 2.42. The predicted octanol–water partition coefficient (Wildman–Crippen LogP) is 2.05. The number of aromatic nitrogens is 4. The first-order valence-electron chi connectivity index (χ1n) is 12.7. The topological polar surface area (TPSA) is 125 Å². The minimum atomic E-state index is -4.68. The number of sulfonamides is 1. The van der Waals surface area contributed by atoms with Crippen molar-refractivity contribution >= 4 is 38.5 Å². The zero-order valence-electron chi connectivity index (χ0n) is 21.3. The number of fused-ring (bicyclic) bond motifs is 1. The van der Waals surface area contributed by atoms with E-state index in [0.717, 1.165) is 0 Å². The highest BCUT2D eigenvalue weighted by molar-refractivity contribution is 7.89. The van der Waals surface area contributed by atoms with Crippen molar-refractivity contribution in [1.29, 1.82) is 0 Å². The number of nitrogens with one attached hydrogen (secondary N) is 2. The molecular formula is C23H26F4N8O3S2. The van der Waals surface area contributed by atoms with E-state index in [0.29, 0.717) is 61.6 Å². The third kappa shape index (κ3) is 5.14. The van der Waals surface area contributed by atoms with Crippen LogP contribution in [0.4, 0.5) is 23.2 Å². The number of piperazine rings is 1. The molecule has 2 aliphatic heterocycles. The summed E-state index contributed by atoms with van der Waals surface area (Å²) in [6.07, 6.45) is -1.45. The average Bonchev–Trinajstić information content (AvgIpc) is 3.33. The predicted molar refractivity (Wildman–Crippen MR) is 137 cm³/mol. The van der Waals surface area contributed by atoms with Crippen molar-refractivity contribution in [2.75, 3.05) is 37.6 Å². The Morgan fingerprint density at radius 3 is 2.52 bits per heavy atom. The van der Waals surface area contributed by atoms with Gasteiger partial charge in [-0.25, -0.2) is 22.5 Å². The zero-order valence-corrected chi connectivity index (χ0v) is 22.9. The van der Waals surface area contributed by atoms with E-state index < -0.39 is 39.0 Å². The number of hydrogen-bond acceptors (Lipinski definition) is 9. The molecule has 0 bridgehead atoms. The molecule has 0 spiro atoms. The number of halogens is 4. The van der Waals surface area contributed by atoms with E-state index in [1.54, 1.807) is 11.8 Å². The molecule has 216 valence electrons. The molecule has 5 heterocycles. The van der Waals surface area contributed by atoms with Gasteiger partial charge in [0.2, 0.25) is 20.9 Å². The summed E-state index contributed by atoms with van der Waals surface area (Å²) < 4.78 is 84.0. The fraction of sp³-hybridized carbons (Fsp3) is 0.565. The Morgan fingerprint density at radius 2 is 1.93 bits per heavy atom. The van der Waals surface area contributed by atoms with Gasteiger partial charge in [-0.05, 0) is 25.8 Å². The molecule has 2 N–H and O–H groups in total. The molecule has 3 aromatic heterocycles. The van der Waals surface area contributed by atoms with Crippen LogP contribution in [-0.2, 0) is 21.0 Å².